The topological polar surface area (TPSA) is 0 Å². The lowest BCUT2D eigenvalue weighted by molar-refractivity contribution is -0.870. The fraction of sp³-hybridized carbons (Fsp3) is 1.00. The lowest BCUT2D eigenvalue weighted by atomic mass is 10.4. The Morgan fingerprint density at radius 2 is 1.50 bits per heavy atom. The molecule has 52 valence electrons. The first-order valence-corrected chi connectivity index (χ1v) is 2.86. The van der Waals surface area contributed by atoms with Crippen LogP contribution in [0.3, 0.4) is 0 Å². The van der Waals surface area contributed by atoms with Crippen molar-refractivity contribution in [2.75, 3.05) is 27.7 Å². The molecule has 0 unspecified atom stereocenters. The van der Waals surface area contributed by atoms with E-state index in [1.165, 1.54) is 13.0 Å². The Morgan fingerprint density at radius 3 is 1.50 bits per heavy atom. The summed E-state index contributed by atoms with van der Waals surface area (Å²) in [5, 5.41) is 0. The maximum absolute atomic E-state index is 2.21. The minimum atomic E-state index is 0. The molecule has 0 bridgehead atoms. The van der Waals surface area contributed by atoms with Gasteiger partial charge in [0.15, 0.2) is 0 Å². The van der Waals surface area contributed by atoms with Gasteiger partial charge in [-0.25, -0.2) is 0 Å². The van der Waals surface area contributed by atoms with Crippen molar-refractivity contribution < 1.29 is 9.19 Å². The number of quaternary nitrogens is 1. The molecule has 0 fully saturated rings. The summed E-state index contributed by atoms with van der Waals surface area (Å²) >= 11 is 0. The third kappa shape index (κ3) is 9.31. The third-order valence-corrected chi connectivity index (χ3v) is 0.894. The summed E-state index contributed by atoms with van der Waals surface area (Å²) < 4.78 is 1.09. The van der Waals surface area contributed by atoms with Crippen molar-refractivity contribution in [2.24, 2.45) is 0 Å². The SMILES string of the molecule is CCC[N+](C)(C)C.[F-]. The monoisotopic (exact) mass is 121 g/mol. The minimum Gasteiger partial charge on any atom is -1.00 e. The number of nitrogens with zero attached hydrogens (tertiary/aromatic N) is 1. The summed E-state index contributed by atoms with van der Waals surface area (Å²) in [4.78, 5) is 0. The third-order valence-electron chi connectivity index (χ3n) is 0.894. The second kappa shape index (κ2) is 3.84. The molecular weight excluding hydrogens is 105 g/mol. The molecular formula is C6H16FN. The Balaban J connectivity index is 0. The van der Waals surface area contributed by atoms with Crippen LogP contribution in [-0.2, 0) is 0 Å². The molecule has 1 nitrogen and oxygen atoms in total. The first kappa shape index (κ1) is 10.8. The molecule has 0 N–H and O–H groups in total. The van der Waals surface area contributed by atoms with Crippen LogP contribution in [0.15, 0.2) is 0 Å². The molecule has 0 radical (unpaired) electrons. The maximum atomic E-state index is 2.21. The maximum Gasteiger partial charge on any atom is 0.0777 e. The lowest BCUT2D eigenvalue weighted by Gasteiger charge is -2.22. The largest absolute Gasteiger partial charge is 1.00 e. The van der Waals surface area contributed by atoms with Crippen molar-refractivity contribution in [1.29, 1.82) is 0 Å². The Labute approximate surface area is 51.3 Å². The van der Waals surface area contributed by atoms with Gasteiger partial charge in [-0.2, -0.15) is 0 Å². The van der Waals surface area contributed by atoms with Crippen LogP contribution in [-0.4, -0.2) is 32.2 Å². The molecule has 0 aromatic heterocycles. The first-order valence-electron chi connectivity index (χ1n) is 2.86. The van der Waals surface area contributed by atoms with E-state index in [0.29, 0.717) is 0 Å². The van der Waals surface area contributed by atoms with E-state index in [0.717, 1.165) is 4.48 Å². The first-order chi connectivity index (χ1) is 3.06. The average molecular weight is 121 g/mol. The average Bonchev–Trinajstić information content (AvgIpc) is 1.30. The molecule has 0 rings (SSSR count). The van der Waals surface area contributed by atoms with Crippen LogP contribution in [0.1, 0.15) is 13.3 Å². The minimum absolute atomic E-state index is 0. The molecule has 2 heteroatoms. The highest BCUT2D eigenvalue weighted by atomic mass is 19.0. The molecule has 0 saturated carbocycles. The van der Waals surface area contributed by atoms with Gasteiger partial charge in [0, 0.05) is 0 Å². The number of hydrogen-bond acceptors (Lipinski definition) is 0. The van der Waals surface area contributed by atoms with Gasteiger partial charge in [-0.15, -0.1) is 0 Å². The molecule has 0 saturated heterocycles. The summed E-state index contributed by atoms with van der Waals surface area (Å²) in [5.41, 5.74) is 0. The number of hydrogen-bond donors (Lipinski definition) is 0. The zero-order chi connectivity index (χ0) is 5.91. The molecule has 0 aliphatic heterocycles. The van der Waals surface area contributed by atoms with Crippen molar-refractivity contribution in [3.05, 3.63) is 0 Å². The van der Waals surface area contributed by atoms with Gasteiger partial charge in [0.25, 0.3) is 0 Å². The predicted molar refractivity (Wildman–Crippen MR) is 33.2 cm³/mol. The lowest BCUT2D eigenvalue weighted by Crippen LogP contribution is -3.00. The highest BCUT2D eigenvalue weighted by molar-refractivity contribution is 4.20. The molecule has 0 aromatic carbocycles. The van der Waals surface area contributed by atoms with Crippen molar-refractivity contribution in [3.8, 4) is 0 Å². The zero-order valence-corrected chi connectivity index (χ0v) is 6.24. The Kier molecular flexibility index (Phi) is 5.18. The summed E-state index contributed by atoms with van der Waals surface area (Å²) in [6.45, 7) is 3.49. The van der Waals surface area contributed by atoms with Gasteiger partial charge >= 0.3 is 0 Å². The van der Waals surface area contributed by atoms with Gasteiger partial charge < -0.3 is 9.19 Å². The van der Waals surface area contributed by atoms with Gasteiger partial charge in [0.2, 0.25) is 0 Å². The van der Waals surface area contributed by atoms with Crippen molar-refractivity contribution in [3.63, 3.8) is 0 Å². The molecule has 0 aliphatic carbocycles. The van der Waals surface area contributed by atoms with Crippen molar-refractivity contribution in [1.82, 2.24) is 0 Å². The van der Waals surface area contributed by atoms with Crippen molar-refractivity contribution in [2.45, 2.75) is 13.3 Å². The molecule has 0 amide bonds. The summed E-state index contributed by atoms with van der Waals surface area (Å²) in [6.07, 6.45) is 1.28. The van der Waals surface area contributed by atoms with Gasteiger partial charge in [-0.1, -0.05) is 6.92 Å². The Bertz CT molecular complexity index is 47.0. The van der Waals surface area contributed by atoms with Gasteiger partial charge in [0.05, 0.1) is 27.7 Å². The van der Waals surface area contributed by atoms with Crippen LogP contribution in [0, 0.1) is 0 Å². The fourth-order valence-corrected chi connectivity index (χ4v) is 0.671. The van der Waals surface area contributed by atoms with E-state index in [9.17, 15) is 0 Å². The van der Waals surface area contributed by atoms with E-state index in [1.807, 2.05) is 0 Å². The van der Waals surface area contributed by atoms with Crippen LogP contribution >= 0.6 is 0 Å². The van der Waals surface area contributed by atoms with Crippen molar-refractivity contribution >= 4 is 0 Å². The number of rotatable bonds is 2. The van der Waals surface area contributed by atoms with Gasteiger partial charge in [-0.3, -0.25) is 0 Å². The Hall–Kier alpha value is -0.110. The second-order valence-corrected chi connectivity index (χ2v) is 3.01. The fourth-order valence-electron chi connectivity index (χ4n) is 0.671. The number of halogens is 1. The van der Waals surface area contributed by atoms with E-state index in [4.69, 9.17) is 0 Å². The van der Waals surface area contributed by atoms with Gasteiger partial charge in [-0.05, 0) is 6.42 Å². The van der Waals surface area contributed by atoms with E-state index in [-0.39, 0.29) is 4.70 Å². The van der Waals surface area contributed by atoms with Crippen LogP contribution in [0.4, 0.5) is 0 Å². The summed E-state index contributed by atoms with van der Waals surface area (Å²) in [7, 11) is 6.64. The highest BCUT2D eigenvalue weighted by Crippen LogP contribution is 1.90. The zero-order valence-electron chi connectivity index (χ0n) is 6.24. The van der Waals surface area contributed by atoms with Crippen LogP contribution in [0.2, 0.25) is 0 Å². The van der Waals surface area contributed by atoms with E-state index in [2.05, 4.69) is 28.1 Å². The summed E-state index contributed by atoms with van der Waals surface area (Å²) in [6, 6.07) is 0. The molecule has 0 aromatic rings. The highest BCUT2D eigenvalue weighted by Gasteiger charge is 2.01. The summed E-state index contributed by atoms with van der Waals surface area (Å²) in [5.74, 6) is 0. The van der Waals surface area contributed by atoms with Crippen LogP contribution in [0.25, 0.3) is 0 Å². The van der Waals surface area contributed by atoms with E-state index < -0.39 is 0 Å². The predicted octanol–water partition coefficient (Wildman–Crippen LogP) is -1.89. The normalized spacial score (nSPS) is 10.5. The molecule has 8 heavy (non-hydrogen) atoms. The quantitative estimate of drug-likeness (QED) is 0.375. The van der Waals surface area contributed by atoms with Crippen LogP contribution < -0.4 is 4.70 Å². The standard InChI is InChI=1S/C6H16N.FH/c1-5-6-7(2,3)4;/h5-6H2,1-4H3;1H/q+1;/p-1. The molecule has 0 spiro atoms. The van der Waals surface area contributed by atoms with E-state index >= 15 is 0 Å². The molecule has 0 atom stereocenters. The molecule has 0 aliphatic rings. The van der Waals surface area contributed by atoms with Crippen LogP contribution in [0.5, 0.6) is 0 Å². The van der Waals surface area contributed by atoms with Gasteiger partial charge in [0.1, 0.15) is 0 Å². The second-order valence-electron chi connectivity index (χ2n) is 3.01. The Morgan fingerprint density at radius 1 is 1.12 bits per heavy atom. The smallest absolute Gasteiger partial charge is 0.0777 e. The van der Waals surface area contributed by atoms with E-state index in [1.54, 1.807) is 0 Å². The molecule has 0 heterocycles.